The van der Waals surface area contributed by atoms with Gasteiger partial charge in [0.05, 0.1) is 5.75 Å². The highest BCUT2D eigenvalue weighted by Gasteiger charge is 2.18. The van der Waals surface area contributed by atoms with E-state index >= 15 is 0 Å². The van der Waals surface area contributed by atoms with E-state index in [2.05, 4.69) is 50.5 Å². The Bertz CT molecular complexity index is 1270. The summed E-state index contributed by atoms with van der Waals surface area (Å²) in [5.74, 6) is 0.898. The third-order valence-electron chi connectivity index (χ3n) is 5.25. The molecule has 0 aliphatic heterocycles. The number of carbonyl (C=O) groups is 1. The Kier molecular flexibility index (Phi) is 6.77. The number of anilines is 1. The van der Waals surface area contributed by atoms with E-state index in [1.165, 1.54) is 11.8 Å². The summed E-state index contributed by atoms with van der Waals surface area (Å²) in [6.45, 7) is 6.08. The molecule has 1 amide bonds. The van der Waals surface area contributed by atoms with Gasteiger partial charge in [-0.1, -0.05) is 69.7 Å². The summed E-state index contributed by atoms with van der Waals surface area (Å²) >= 11 is 4.90. The second-order valence-corrected chi connectivity index (χ2v) is 9.33. The van der Waals surface area contributed by atoms with E-state index in [1.54, 1.807) is 0 Å². The molecule has 1 N–H and O–H groups in total. The molecule has 0 saturated heterocycles. The van der Waals surface area contributed by atoms with Gasteiger partial charge in [0.25, 0.3) is 0 Å². The van der Waals surface area contributed by atoms with Crippen LogP contribution >= 0.6 is 27.7 Å². The van der Waals surface area contributed by atoms with E-state index in [9.17, 15) is 4.79 Å². The second kappa shape index (κ2) is 9.71. The number of carbonyl (C=O) groups excluding carboxylic acids is 1. The maximum absolute atomic E-state index is 12.7. The Labute approximate surface area is 200 Å². The zero-order chi connectivity index (χ0) is 22.7. The van der Waals surface area contributed by atoms with Gasteiger partial charge >= 0.3 is 0 Å². The predicted molar refractivity (Wildman–Crippen MR) is 135 cm³/mol. The molecule has 162 valence electrons. The predicted octanol–water partition coefficient (Wildman–Crippen LogP) is 6.35. The molecule has 5 nitrogen and oxygen atoms in total. The normalized spacial score (nSPS) is 10.9. The molecule has 0 atom stereocenters. The number of benzene rings is 3. The van der Waals surface area contributed by atoms with Crippen molar-refractivity contribution in [2.24, 2.45) is 0 Å². The van der Waals surface area contributed by atoms with E-state index in [4.69, 9.17) is 0 Å². The SMILES string of the molecule is Cc1cccc(-c2nnc(SCC(=O)Nc3ccc(Br)c(C)c3C)n2-c2ccccc2)c1. The van der Waals surface area contributed by atoms with E-state index in [1.807, 2.05) is 73.0 Å². The van der Waals surface area contributed by atoms with Crippen LogP contribution in [0.5, 0.6) is 0 Å². The lowest BCUT2D eigenvalue weighted by molar-refractivity contribution is -0.113. The molecule has 7 heteroatoms. The lowest BCUT2D eigenvalue weighted by atomic mass is 10.1. The summed E-state index contributed by atoms with van der Waals surface area (Å²) in [6, 6.07) is 22.0. The molecular formula is C25H23BrN4OS. The Hall–Kier alpha value is -2.90. The van der Waals surface area contributed by atoms with Gasteiger partial charge in [-0.2, -0.15) is 0 Å². The average molecular weight is 507 g/mol. The maximum atomic E-state index is 12.7. The Morgan fingerprint density at radius 1 is 0.969 bits per heavy atom. The fraction of sp³-hybridized carbons (Fsp3) is 0.160. The van der Waals surface area contributed by atoms with E-state index in [-0.39, 0.29) is 11.7 Å². The van der Waals surface area contributed by atoms with Crippen molar-refractivity contribution in [2.75, 3.05) is 11.1 Å². The largest absolute Gasteiger partial charge is 0.325 e. The number of aromatic nitrogens is 3. The number of nitrogens with one attached hydrogen (secondary N) is 1. The standard InChI is InChI=1S/C25H23BrN4OS/c1-16-8-7-9-19(14-16)24-28-29-25(30(24)20-10-5-4-6-11-20)32-15-23(31)27-22-13-12-21(26)17(2)18(22)3/h4-14H,15H2,1-3H3,(H,27,31). The number of aryl methyl sites for hydroxylation is 1. The molecule has 4 aromatic rings. The first-order valence-corrected chi connectivity index (χ1v) is 12.0. The summed E-state index contributed by atoms with van der Waals surface area (Å²) in [5.41, 5.74) is 6.07. The molecule has 0 fully saturated rings. The van der Waals surface area contributed by atoms with Crippen LogP contribution in [-0.2, 0) is 4.79 Å². The number of nitrogens with zero attached hydrogens (tertiary/aromatic N) is 3. The fourth-order valence-corrected chi connectivity index (χ4v) is 4.57. The third-order valence-corrected chi connectivity index (χ3v) is 7.04. The smallest absolute Gasteiger partial charge is 0.234 e. The molecular weight excluding hydrogens is 484 g/mol. The number of rotatable bonds is 6. The van der Waals surface area contributed by atoms with E-state index < -0.39 is 0 Å². The highest BCUT2D eigenvalue weighted by atomic mass is 79.9. The number of amides is 1. The van der Waals surface area contributed by atoms with Crippen molar-refractivity contribution in [1.29, 1.82) is 0 Å². The highest BCUT2D eigenvalue weighted by Crippen LogP contribution is 2.29. The minimum atomic E-state index is -0.0838. The minimum absolute atomic E-state index is 0.0838. The molecule has 0 aliphatic carbocycles. The Morgan fingerprint density at radius 3 is 2.50 bits per heavy atom. The Morgan fingerprint density at radius 2 is 1.75 bits per heavy atom. The Balaban J connectivity index is 1.59. The molecule has 0 bridgehead atoms. The first kappa shape index (κ1) is 22.3. The number of hydrogen-bond donors (Lipinski definition) is 1. The summed E-state index contributed by atoms with van der Waals surface area (Å²) in [4.78, 5) is 12.7. The average Bonchev–Trinajstić information content (AvgIpc) is 3.23. The molecule has 1 aromatic heterocycles. The van der Waals surface area contributed by atoms with Gasteiger partial charge in [0, 0.05) is 21.4 Å². The highest BCUT2D eigenvalue weighted by molar-refractivity contribution is 9.10. The third kappa shape index (κ3) is 4.79. The number of hydrogen-bond acceptors (Lipinski definition) is 4. The minimum Gasteiger partial charge on any atom is -0.325 e. The van der Waals surface area contributed by atoms with Gasteiger partial charge in [0.15, 0.2) is 11.0 Å². The van der Waals surface area contributed by atoms with Gasteiger partial charge < -0.3 is 5.32 Å². The quantitative estimate of drug-likeness (QED) is 0.309. The van der Waals surface area contributed by atoms with Crippen LogP contribution in [0.1, 0.15) is 16.7 Å². The monoisotopic (exact) mass is 506 g/mol. The van der Waals surface area contributed by atoms with Crippen LogP contribution in [0, 0.1) is 20.8 Å². The second-order valence-electron chi connectivity index (χ2n) is 7.53. The van der Waals surface area contributed by atoms with Crippen LogP contribution < -0.4 is 5.32 Å². The lowest BCUT2D eigenvalue weighted by Gasteiger charge is -2.12. The van der Waals surface area contributed by atoms with Crippen LogP contribution in [0.25, 0.3) is 17.1 Å². The molecule has 0 spiro atoms. The summed E-state index contributed by atoms with van der Waals surface area (Å²) < 4.78 is 3.03. The first-order valence-electron chi connectivity index (χ1n) is 10.2. The summed E-state index contributed by atoms with van der Waals surface area (Å²) in [7, 11) is 0. The van der Waals surface area contributed by atoms with Crippen molar-refractivity contribution in [1.82, 2.24) is 14.8 Å². The molecule has 0 saturated carbocycles. The zero-order valence-corrected chi connectivity index (χ0v) is 20.5. The maximum Gasteiger partial charge on any atom is 0.234 e. The molecule has 3 aromatic carbocycles. The number of para-hydroxylation sites is 1. The van der Waals surface area contributed by atoms with Crippen molar-refractivity contribution in [3.63, 3.8) is 0 Å². The van der Waals surface area contributed by atoms with Crippen molar-refractivity contribution in [2.45, 2.75) is 25.9 Å². The van der Waals surface area contributed by atoms with Crippen LogP contribution in [0.15, 0.2) is 76.4 Å². The van der Waals surface area contributed by atoms with Crippen molar-refractivity contribution < 1.29 is 4.79 Å². The number of halogens is 1. The van der Waals surface area contributed by atoms with Gasteiger partial charge in [-0.3, -0.25) is 9.36 Å². The van der Waals surface area contributed by atoms with Gasteiger partial charge in [-0.05, 0) is 62.2 Å². The molecule has 0 radical (unpaired) electrons. The molecule has 4 rings (SSSR count). The van der Waals surface area contributed by atoms with E-state index in [0.717, 1.165) is 43.9 Å². The zero-order valence-electron chi connectivity index (χ0n) is 18.1. The van der Waals surface area contributed by atoms with Crippen LogP contribution in [0.3, 0.4) is 0 Å². The van der Waals surface area contributed by atoms with Gasteiger partial charge in [-0.25, -0.2) is 0 Å². The van der Waals surface area contributed by atoms with E-state index in [0.29, 0.717) is 5.16 Å². The van der Waals surface area contributed by atoms with Crippen LogP contribution in [0.2, 0.25) is 0 Å². The topological polar surface area (TPSA) is 59.8 Å². The summed E-state index contributed by atoms with van der Waals surface area (Å²) in [5, 5.41) is 12.6. The van der Waals surface area contributed by atoms with Crippen molar-refractivity contribution in [3.05, 3.63) is 87.9 Å². The lowest BCUT2D eigenvalue weighted by Crippen LogP contribution is -2.15. The molecule has 32 heavy (non-hydrogen) atoms. The molecule has 0 unspecified atom stereocenters. The van der Waals surface area contributed by atoms with Gasteiger partial charge in [0.1, 0.15) is 0 Å². The molecule has 0 aliphatic rings. The number of thioether (sulfide) groups is 1. The van der Waals surface area contributed by atoms with Crippen molar-refractivity contribution >= 4 is 39.3 Å². The van der Waals surface area contributed by atoms with Gasteiger partial charge in [-0.15, -0.1) is 10.2 Å². The molecule has 1 heterocycles. The first-order chi connectivity index (χ1) is 15.4. The van der Waals surface area contributed by atoms with Gasteiger partial charge in [0.2, 0.25) is 5.91 Å². The van der Waals surface area contributed by atoms with Crippen LogP contribution in [-0.4, -0.2) is 26.4 Å². The summed E-state index contributed by atoms with van der Waals surface area (Å²) in [6.07, 6.45) is 0. The van der Waals surface area contributed by atoms with Crippen LogP contribution in [0.4, 0.5) is 5.69 Å². The van der Waals surface area contributed by atoms with Crippen molar-refractivity contribution in [3.8, 4) is 17.1 Å². The fourth-order valence-electron chi connectivity index (χ4n) is 3.38.